The van der Waals surface area contributed by atoms with E-state index in [2.05, 4.69) is 25.8 Å². The third-order valence-corrected chi connectivity index (χ3v) is 2.66. The molecule has 0 fully saturated rings. The Morgan fingerprint density at radius 3 is 2.90 bits per heavy atom. The van der Waals surface area contributed by atoms with Crippen LogP contribution >= 0.6 is 0 Å². The van der Waals surface area contributed by atoms with Gasteiger partial charge in [0.25, 0.3) is 0 Å². The zero-order valence-corrected chi connectivity index (χ0v) is 12.0. The molecule has 9 nitrogen and oxygen atoms in total. The second-order valence-corrected chi connectivity index (χ2v) is 4.88. The molecule has 0 saturated heterocycles. The number of carbonyl (C=O) groups is 1. The SMILES string of the molecule is CC(C)c1nnc(NC(=O)Cn2cc(CCCO)nn2)o1. The van der Waals surface area contributed by atoms with E-state index in [0.29, 0.717) is 18.7 Å². The normalized spacial score (nSPS) is 11.0. The average molecular weight is 294 g/mol. The summed E-state index contributed by atoms with van der Waals surface area (Å²) in [6, 6.07) is 0.0734. The summed E-state index contributed by atoms with van der Waals surface area (Å²) in [7, 11) is 0. The first-order valence-corrected chi connectivity index (χ1v) is 6.71. The zero-order chi connectivity index (χ0) is 15.2. The zero-order valence-electron chi connectivity index (χ0n) is 12.0. The van der Waals surface area contributed by atoms with Gasteiger partial charge in [-0.15, -0.1) is 10.2 Å². The molecule has 21 heavy (non-hydrogen) atoms. The van der Waals surface area contributed by atoms with Crippen molar-refractivity contribution in [3.8, 4) is 0 Å². The van der Waals surface area contributed by atoms with E-state index in [1.54, 1.807) is 6.20 Å². The van der Waals surface area contributed by atoms with Gasteiger partial charge in [0.05, 0.1) is 5.69 Å². The molecule has 2 aromatic heterocycles. The lowest BCUT2D eigenvalue weighted by atomic mass is 10.2. The Morgan fingerprint density at radius 2 is 2.24 bits per heavy atom. The highest BCUT2D eigenvalue weighted by molar-refractivity contribution is 5.88. The Kier molecular flexibility index (Phi) is 4.99. The Bertz CT molecular complexity index is 591. The largest absolute Gasteiger partial charge is 0.408 e. The van der Waals surface area contributed by atoms with Crippen molar-refractivity contribution in [3.63, 3.8) is 0 Å². The van der Waals surface area contributed by atoms with E-state index in [4.69, 9.17) is 9.52 Å². The Balaban J connectivity index is 1.87. The molecular weight excluding hydrogens is 276 g/mol. The summed E-state index contributed by atoms with van der Waals surface area (Å²) in [5, 5.41) is 26.6. The number of aromatic nitrogens is 5. The van der Waals surface area contributed by atoms with E-state index >= 15 is 0 Å². The number of amides is 1. The molecule has 114 valence electrons. The molecule has 0 radical (unpaired) electrons. The molecule has 9 heteroatoms. The molecule has 1 amide bonds. The first-order chi connectivity index (χ1) is 10.1. The van der Waals surface area contributed by atoms with Crippen LogP contribution in [-0.4, -0.2) is 42.8 Å². The highest BCUT2D eigenvalue weighted by Gasteiger charge is 2.13. The quantitative estimate of drug-likeness (QED) is 0.756. The lowest BCUT2D eigenvalue weighted by molar-refractivity contribution is -0.117. The second-order valence-electron chi connectivity index (χ2n) is 4.88. The summed E-state index contributed by atoms with van der Waals surface area (Å²) in [4.78, 5) is 11.8. The van der Waals surface area contributed by atoms with Gasteiger partial charge < -0.3 is 9.52 Å². The number of aliphatic hydroxyl groups is 1. The fraction of sp³-hybridized carbons (Fsp3) is 0.583. The van der Waals surface area contributed by atoms with E-state index in [1.165, 1.54) is 4.68 Å². The number of aliphatic hydroxyl groups excluding tert-OH is 1. The standard InChI is InChI=1S/C12H18N6O3/c1-8(2)11-15-16-12(21-11)13-10(20)7-18-6-9(14-17-18)4-3-5-19/h6,8,19H,3-5,7H2,1-2H3,(H,13,16,20). The molecule has 0 spiro atoms. The molecule has 0 saturated carbocycles. The first kappa shape index (κ1) is 15.1. The first-order valence-electron chi connectivity index (χ1n) is 6.71. The maximum atomic E-state index is 11.8. The number of hydrogen-bond donors (Lipinski definition) is 2. The summed E-state index contributed by atoms with van der Waals surface area (Å²) in [6.07, 6.45) is 2.91. The predicted octanol–water partition coefficient (Wildman–Crippen LogP) is 0.348. The van der Waals surface area contributed by atoms with Crippen LogP contribution in [0.25, 0.3) is 0 Å². The summed E-state index contributed by atoms with van der Waals surface area (Å²) in [6.45, 7) is 3.94. The van der Waals surface area contributed by atoms with Gasteiger partial charge >= 0.3 is 6.01 Å². The molecule has 0 atom stereocenters. The number of anilines is 1. The van der Waals surface area contributed by atoms with Crippen molar-refractivity contribution in [2.24, 2.45) is 0 Å². The molecule has 0 aromatic carbocycles. The number of nitrogens with one attached hydrogen (secondary N) is 1. The number of rotatable bonds is 7. The highest BCUT2D eigenvalue weighted by Crippen LogP contribution is 2.14. The number of carbonyl (C=O) groups excluding carboxylic acids is 1. The molecular formula is C12H18N6O3. The third kappa shape index (κ3) is 4.35. The van der Waals surface area contributed by atoms with Crippen molar-refractivity contribution in [2.45, 2.75) is 39.2 Å². The predicted molar refractivity (Wildman–Crippen MR) is 72.4 cm³/mol. The van der Waals surface area contributed by atoms with E-state index in [1.807, 2.05) is 13.8 Å². The Morgan fingerprint density at radius 1 is 1.43 bits per heavy atom. The summed E-state index contributed by atoms with van der Waals surface area (Å²) in [5.41, 5.74) is 0.733. The number of nitrogens with zero attached hydrogens (tertiary/aromatic N) is 5. The Labute approximate surface area is 121 Å². The summed E-state index contributed by atoms with van der Waals surface area (Å²) >= 11 is 0. The molecule has 2 aromatic rings. The van der Waals surface area contributed by atoms with Crippen LogP contribution in [0.4, 0.5) is 6.01 Å². The van der Waals surface area contributed by atoms with Gasteiger partial charge in [0.1, 0.15) is 6.54 Å². The molecule has 2 heterocycles. The van der Waals surface area contributed by atoms with Crippen molar-refractivity contribution >= 4 is 11.9 Å². The van der Waals surface area contributed by atoms with Crippen LogP contribution in [0.2, 0.25) is 0 Å². The van der Waals surface area contributed by atoms with Crippen molar-refractivity contribution in [2.75, 3.05) is 11.9 Å². The minimum Gasteiger partial charge on any atom is -0.408 e. The molecule has 0 aliphatic rings. The minimum atomic E-state index is -0.326. The monoisotopic (exact) mass is 294 g/mol. The second kappa shape index (κ2) is 6.93. The van der Waals surface area contributed by atoms with Gasteiger partial charge in [-0.1, -0.05) is 24.2 Å². The number of hydrogen-bond acceptors (Lipinski definition) is 7. The van der Waals surface area contributed by atoms with E-state index in [-0.39, 0.29) is 31.0 Å². The van der Waals surface area contributed by atoms with Gasteiger partial charge in [-0.05, 0) is 12.8 Å². The topological polar surface area (TPSA) is 119 Å². The van der Waals surface area contributed by atoms with Crippen molar-refractivity contribution < 1.29 is 14.3 Å². The highest BCUT2D eigenvalue weighted by atomic mass is 16.4. The minimum absolute atomic E-state index is 0.00547. The van der Waals surface area contributed by atoms with Crippen LogP contribution in [0.5, 0.6) is 0 Å². The van der Waals surface area contributed by atoms with Crippen LogP contribution in [0, 0.1) is 0 Å². The van der Waals surface area contributed by atoms with Crippen LogP contribution < -0.4 is 5.32 Å². The molecule has 2 N–H and O–H groups in total. The van der Waals surface area contributed by atoms with Crippen LogP contribution in [-0.2, 0) is 17.8 Å². The molecule has 2 rings (SSSR count). The maximum Gasteiger partial charge on any atom is 0.322 e. The van der Waals surface area contributed by atoms with Gasteiger partial charge in [-0.3, -0.25) is 10.1 Å². The van der Waals surface area contributed by atoms with Gasteiger partial charge in [0.15, 0.2) is 0 Å². The van der Waals surface area contributed by atoms with Crippen LogP contribution in [0.3, 0.4) is 0 Å². The Hall–Kier alpha value is -2.29. The molecule has 0 bridgehead atoms. The third-order valence-electron chi connectivity index (χ3n) is 2.66. The lowest BCUT2D eigenvalue weighted by Crippen LogP contribution is -2.19. The maximum absolute atomic E-state index is 11.8. The molecule has 0 aliphatic heterocycles. The van der Waals surface area contributed by atoms with Gasteiger partial charge in [-0.2, -0.15) is 0 Å². The van der Waals surface area contributed by atoms with Crippen molar-refractivity contribution in [1.82, 2.24) is 25.2 Å². The van der Waals surface area contributed by atoms with E-state index in [9.17, 15) is 4.79 Å². The van der Waals surface area contributed by atoms with Crippen LogP contribution in [0.15, 0.2) is 10.6 Å². The fourth-order valence-electron chi connectivity index (χ4n) is 1.61. The average Bonchev–Trinajstić information content (AvgIpc) is 3.06. The smallest absolute Gasteiger partial charge is 0.322 e. The van der Waals surface area contributed by atoms with Crippen molar-refractivity contribution in [1.29, 1.82) is 0 Å². The van der Waals surface area contributed by atoms with Gasteiger partial charge in [0.2, 0.25) is 11.8 Å². The lowest BCUT2D eigenvalue weighted by Gasteiger charge is -2.00. The van der Waals surface area contributed by atoms with Crippen LogP contribution in [0.1, 0.15) is 37.8 Å². The summed E-state index contributed by atoms with van der Waals surface area (Å²) < 4.78 is 6.70. The van der Waals surface area contributed by atoms with Crippen molar-refractivity contribution in [3.05, 3.63) is 17.8 Å². The fourth-order valence-corrected chi connectivity index (χ4v) is 1.61. The number of aryl methyl sites for hydroxylation is 1. The molecule has 0 aliphatic carbocycles. The van der Waals surface area contributed by atoms with Gasteiger partial charge in [0, 0.05) is 18.7 Å². The van der Waals surface area contributed by atoms with E-state index < -0.39 is 0 Å². The van der Waals surface area contributed by atoms with E-state index in [0.717, 1.165) is 5.69 Å². The molecule has 0 unspecified atom stereocenters. The van der Waals surface area contributed by atoms with Gasteiger partial charge in [-0.25, -0.2) is 4.68 Å². The summed E-state index contributed by atoms with van der Waals surface area (Å²) in [5.74, 6) is 0.248.